The zero-order valence-corrected chi connectivity index (χ0v) is 16.8. The quantitative estimate of drug-likeness (QED) is 0.666. The summed E-state index contributed by atoms with van der Waals surface area (Å²) in [6.45, 7) is 0.200. The summed E-state index contributed by atoms with van der Waals surface area (Å²) in [5.41, 5.74) is 1.83. The number of amides is 2. The molecule has 2 amide bonds. The molecule has 0 saturated carbocycles. The second-order valence-corrected chi connectivity index (χ2v) is 7.66. The van der Waals surface area contributed by atoms with Crippen LogP contribution in [0.25, 0.3) is 0 Å². The summed E-state index contributed by atoms with van der Waals surface area (Å²) in [4.78, 5) is 27.0. The number of halogens is 2. The topological polar surface area (TPSA) is 69.6 Å². The van der Waals surface area contributed by atoms with E-state index in [4.69, 9.17) is 0 Å². The highest BCUT2D eigenvalue weighted by atomic mass is 19.1. The highest BCUT2D eigenvalue weighted by Gasteiger charge is 2.41. The fourth-order valence-corrected chi connectivity index (χ4v) is 4.11. The van der Waals surface area contributed by atoms with Crippen LogP contribution in [0.2, 0.25) is 0 Å². The number of nitrogens with zero attached hydrogens (tertiary/aromatic N) is 1. The first-order chi connectivity index (χ1) is 14.9. The molecule has 4 rings (SSSR count). The minimum absolute atomic E-state index is 0.0380. The maximum absolute atomic E-state index is 14.7. The lowest BCUT2D eigenvalue weighted by Crippen LogP contribution is -2.36. The number of hydrogen-bond donors (Lipinski definition) is 2. The number of phenols is 1. The van der Waals surface area contributed by atoms with Gasteiger partial charge in [-0.05, 0) is 55.2 Å². The molecule has 5 nitrogen and oxygen atoms in total. The fourth-order valence-electron chi connectivity index (χ4n) is 4.11. The van der Waals surface area contributed by atoms with E-state index in [1.807, 2.05) is 0 Å². The predicted molar refractivity (Wildman–Crippen MR) is 112 cm³/mol. The lowest BCUT2D eigenvalue weighted by molar-refractivity contribution is -0.128. The van der Waals surface area contributed by atoms with Crippen molar-refractivity contribution in [2.45, 2.75) is 38.3 Å². The highest BCUT2D eigenvalue weighted by molar-refractivity contribution is 5.99. The molecule has 0 aromatic heterocycles. The molecular formula is C24H22F2N2O3. The first-order valence-corrected chi connectivity index (χ1v) is 10.2. The van der Waals surface area contributed by atoms with Crippen LogP contribution in [0.5, 0.6) is 5.75 Å². The molecule has 2 N–H and O–H groups in total. The van der Waals surface area contributed by atoms with Crippen LogP contribution in [0.3, 0.4) is 0 Å². The van der Waals surface area contributed by atoms with Gasteiger partial charge < -0.3 is 15.3 Å². The summed E-state index contributed by atoms with van der Waals surface area (Å²) < 4.78 is 27.9. The summed E-state index contributed by atoms with van der Waals surface area (Å²) in [6, 6.07) is 11.6. The van der Waals surface area contributed by atoms with E-state index < -0.39 is 11.9 Å². The van der Waals surface area contributed by atoms with E-state index in [9.17, 15) is 23.5 Å². The Morgan fingerprint density at radius 1 is 1.13 bits per heavy atom. The van der Waals surface area contributed by atoms with Gasteiger partial charge in [-0.3, -0.25) is 9.59 Å². The van der Waals surface area contributed by atoms with Crippen LogP contribution in [0.1, 0.15) is 31.2 Å². The van der Waals surface area contributed by atoms with Crippen molar-refractivity contribution in [3.63, 3.8) is 0 Å². The smallest absolute Gasteiger partial charge is 0.251 e. The number of anilines is 1. The number of phenolic OH excluding ortho intramolecular Hbond substituents is 1. The number of nitrogens with one attached hydrogen (secondary N) is 1. The maximum Gasteiger partial charge on any atom is 0.251 e. The van der Waals surface area contributed by atoms with Gasteiger partial charge in [-0.25, -0.2) is 8.78 Å². The van der Waals surface area contributed by atoms with E-state index in [0.717, 1.165) is 5.56 Å². The Morgan fingerprint density at radius 2 is 1.87 bits per heavy atom. The molecule has 0 saturated heterocycles. The molecule has 31 heavy (non-hydrogen) atoms. The van der Waals surface area contributed by atoms with E-state index in [1.54, 1.807) is 35.2 Å². The molecular weight excluding hydrogens is 402 g/mol. The lowest BCUT2D eigenvalue weighted by Gasteiger charge is -2.27. The summed E-state index contributed by atoms with van der Waals surface area (Å²) in [5, 5.41) is 12.5. The van der Waals surface area contributed by atoms with E-state index in [0.29, 0.717) is 29.7 Å². The van der Waals surface area contributed by atoms with Crippen LogP contribution < -0.4 is 5.32 Å². The van der Waals surface area contributed by atoms with Crippen molar-refractivity contribution >= 4 is 17.5 Å². The molecule has 1 aliphatic heterocycles. The predicted octanol–water partition coefficient (Wildman–Crippen LogP) is 4.60. The fraction of sp³-hybridized carbons (Fsp3) is 0.250. The summed E-state index contributed by atoms with van der Waals surface area (Å²) >= 11 is 0. The average molecular weight is 424 g/mol. The minimum Gasteiger partial charge on any atom is -0.506 e. The Bertz CT molecular complexity index is 1080. The number of hydrogen-bond acceptors (Lipinski definition) is 3. The number of rotatable bonds is 6. The molecule has 1 heterocycles. The molecule has 2 aromatic rings. The van der Waals surface area contributed by atoms with Crippen molar-refractivity contribution in [2.24, 2.45) is 0 Å². The molecule has 160 valence electrons. The standard InChI is InChI=1S/C24H22F2N2O3/c25-16-10-8-15(9-11-16)14-28-20(23-17(24(28)31)4-3-5-18(23)26)12-13-22(30)27-19-6-1-2-7-21(19)29/h1-2,5-11,20,29H,3-4,12-14H2,(H,27,30). The molecule has 2 aliphatic rings. The Labute approximate surface area is 178 Å². The third-order valence-electron chi connectivity index (χ3n) is 5.62. The van der Waals surface area contributed by atoms with E-state index in [-0.39, 0.29) is 42.8 Å². The van der Waals surface area contributed by atoms with Crippen molar-refractivity contribution in [1.29, 1.82) is 0 Å². The van der Waals surface area contributed by atoms with Gasteiger partial charge in [-0.15, -0.1) is 0 Å². The third-order valence-corrected chi connectivity index (χ3v) is 5.62. The van der Waals surface area contributed by atoms with Gasteiger partial charge in [0.1, 0.15) is 17.4 Å². The Hall–Kier alpha value is -3.48. The van der Waals surface area contributed by atoms with Gasteiger partial charge in [0.25, 0.3) is 5.91 Å². The molecule has 1 unspecified atom stereocenters. The Morgan fingerprint density at radius 3 is 2.61 bits per heavy atom. The number of benzene rings is 2. The van der Waals surface area contributed by atoms with Gasteiger partial charge in [-0.1, -0.05) is 24.3 Å². The van der Waals surface area contributed by atoms with Crippen LogP contribution in [0.4, 0.5) is 14.5 Å². The van der Waals surface area contributed by atoms with E-state index >= 15 is 0 Å². The molecule has 0 bridgehead atoms. The number of carbonyl (C=O) groups excluding carboxylic acids is 2. The van der Waals surface area contributed by atoms with E-state index in [2.05, 4.69) is 5.32 Å². The van der Waals surface area contributed by atoms with Gasteiger partial charge >= 0.3 is 0 Å². The summed E-state index contributed by atoms with van der Waals surface area (Å²) in [7, 11) is 0. The van der Waals surface area contributed by atoms with Gasteiger partial charge in [0, 0.05) is 24.1 Å². The van der Waals surface area contributed by atoms with Gasteiger partial charge in [0.05, 0.1) is 11.7 Å². The first-order valence-electron chi connectivity index (χ1n) is 10.2. The molecule has 0 spiro atoms. The average Bonchev–Trinajstić information content (AvgIpc) is 3.02. The number of aromatic hydroxyl groups is 1. The van der Waals surface area contributed by atoms with Crippen molar-refractivity contribution in [3.05, 3.63) is 83.0 Å². The van der Waals surface area contributed by atoms with Crippen LogP contribution in [-0.4, -0.2) is 27.9 Å². The number of para-hydroxylation sites is 2. The molecule has 1 aliphatic carbocycles. The highest BCUT2D eigenvalue weighted by Crippen LogP contribution is 2.40. The summed E-state index contributed by atoms with van der Waals surface area (Å²) in [5.74, 6) is -1.42. The Balaban J connectivity index is 1.52. The van der Waals surface area contributed by atoms with Crippen molar-refractivity contribution in [3.8, 4) is 5.75 Å². The SMILES string of the molecule is O=C(CCC1C2=C(CCC=C2F)C(=O)N1Cc1ccc(F)cc1)Nc1ccccc1O. The third kappa shape index (κ3) is 4.35. The van der Waals surface area contributed by atoms with Crippen LogP contribution in [0.15, 0.2) is 71.6 Å². The largest absolute Gasteiger partial charge is 0.506 e. The second-order valence-electron chi connectivity index (χ2n) is 7.66. The van der Waals surface area contributed by atoms with Crippen molar-refractivity contribution in [2.75, 3.05) is 5.32 Å². The monoisotopic (exact) mass is 424 g/mol. The lowest BCUT2D eigenvalue weighted by atomic mass is 9.93. The van der Waals surface area contributed by atoms with E-state index in [1.165, 1.54) is 24.3 Å². The van der Waals surface area contributed by atoms with Crippen LogP contribution >= 0.6 is 0 Å². The van der Waals surface area contributed by atoms with Crippen molar-refractivity contribution in [1.82, 2.24) is 4.90 Å². The molecule has 7 heteroatoms. The van der Waals surface area contributed by atoms with Crippen molar-refractivity contribution < 1.29 is 23.5 Å². The maximum atomic E-state index is 14.7. The zero-order chi connectivity index (χ0) is 22.0. The normalized spacial score (nSPS) is 18.1. The first kappa shape index (κ1) is 20.8. The van der Waals surface area contributed by atoms with Crippen LogP contribution in [0, 0.1) is 5.82 Å². The molecule has 0 radical (unpaired) electrons. The number of carbonyl (C=O) groups is 2. The molecule has 1 atom stereocenters. The van der Waals surface area contributed by atoms with Gasteiger partial charge in [-0.2, -0.15) is 0 Å². The van der Waals surface area contributed by atoms with Crippen LogP contribution in [-0.2, 0) is 16.1 Å². The molecule has 0 fully saturated rings. The number of allylic oxidation sites excluding steroid dienone is 1. The molecule has 2 aromatic carbocycles. The zero-order valence-electron chi connectivity index (χ0n) is 16.8. The minimum atomic E-state index is -0.584. The summed E-state index contributed by atoms with van der Waals surface area (Å²) in [6.07, 6.45) is 2.66. The Kier molecular flexibility index (Phi) is 5.84. The second kappa shape index (κ2) is 8.71. The van der Waals surface area contributed by atoms with Gasteiger partial charge in [0.2, 0.25) is 5.91 Å². The van der Waals surface area contributed by atoms with Gasteiger partial charge in [0.15, 0.2) is 0 Å².